The van der Waals surface area contributed by atoms with Crippen LogP contribution in [0, 0.1) is 18.3 Å². The van der Waals surface area contributed by atoms with E-state index in [4.69, 9.17) is 20.5 Å². The van der Waals surface area contributed by atoms with Gasteiger partial charge in [0.05, 0.1) is 23.0 Å². The number of nitrogens with two attached hydrogens (primary N) is 1. The van der Waals surface area contributed by atoms with Crippen LogP contribution >= 0.6 is 0 Å². The van der Waals surface area contributed by atoms with Crippen LogP contribution in [0.15, 0.2) is 30.3 Å². The second kappa shape index (κ2) is 4.67. The van der Waals surface area contributed by atoms with E-state index < -0.39 is 0 Å². The van der Waals surface area contributed by atoms with Crippen LogP contribution in [-0.2, 0) is 0 Å². The average molecular weight is 267 g/mol. The first-order valence-electron chi connectivity index (χ1n) is 6.14. The van der Waals surface area contributed by atoms with E-state index in [2.05, 4.69) is 11.4 Å². The van der Waals surface area contributed by atoms with Gasteiger partial charge in [-0.15, -0.1) is 0 Å². The molecule has 1 heterocycles. The van der Waals surface area contributed by atoms with E-state index in [9.17, 15) is 0 Å². The van der Waals surface area contributed by atoms with E-state index in [0.717, 1.165) is 22.7 Å². The first kappa shape index (κ1) is 12.2. The van der Waals surface area contributed by atoms with Crippen LogP contribution in [-0.4, -0.2) is 6.79 Å². The number of benzene rings is 2. The first-order valence-corrected chi connectivity index (χ1v) is 6.14. The van der Waals surface area contributed by atoms with Gasteiger partial charge >= 0.3 is 0 Å². The summed E-state index contributed by atoms with van der Waals surface area (Å²) in [6, 6.07) is 11.0. The number of fused-ring (bicyclic) bond motifs is 1. The molecule has 0 atom stereocenters. The van der Waals surface area contributed by atoms with Crippen molar-refractivity contribution in [2.24, 2.45) is 0 Å². The molecule has 1 aliphatic heterocycles. The Bertz CT molecular complexity index is 720. The van der Waals surface area contributed by atoms with Gasteiger partial charge in [-0.1, -0.05) is 0 Å². The maximum Gasteiger partial charge on any atom is 0.231 e. The molecule has 0 unspecified atom stereocenters. The number of nitrogens with zero attached hydrogens (tertiary/aromatic N) is 1. The Kier molecular flexibility index (Phi) is 2.84. The fourth-order valence-corrected chi connectivity index (χ4v) is 2.07. The quantitative estimate of drug-likeness (QED) is 0.818. The molecule has 0 spiro atoms. The Hall–Kier alpha value is -2.87. The third-order valence-corrected chi connectivity index (χ3v) is 3.17. The highest BCUT2D eigenvalue weighted by molar-refractivity contribution is 5.76. The number of hydrogen-bond donors (Lipinski definition) is 2. The van der Waals surface area contributed by atoms with Gasteiger partial charge in [0.1, 0.15) is 0 Å². The molecule has 0 saturated carbocycles. The van der Waals surface area contributed by atoms with Crippen LogP contribution in [0.1, 0.15) is 11.1 Å². The summed E-state index contributed by atoms with van der Waals surface area (Å²) in [5.41, 5.74) is 9.68. The monoisotopic (exact) mass is 267 g/mol. The molecule has 100 valence electrons. The minimum atomic E-state index is 0.247. The summed E-state index contributed by atoms with van der Waals surface area (Å²) in [6.45, 7) is 2.22. The molecule has 1 aliphatic rings. The number of nitrogens with one attached hydrogen (secondary N) is 1. The molecule has 0 aromatic heterocycles. The predicted octanol–water partition coefficient (Wildman–Crippen LogP) is 2.92. The molecule has 0 fully saturated rings. The largest absolute Gasteiger partial charge is 0.454 e. The van der Waals surface area contributed by atoms with Crippen LogP contribution in [0.25, 0.3) is 0 Å². The Morgan fingerprint density at radius 1 is 1.15 bits per heavy atom. The number of aryl methyl sites for hydroxylation is 1. The van der Waals surface area contributed by atoms with E-state index in [0.29, 0.717) is 17.0 Å². The highest BCUT2D eigenvalue weighted by atomic mass is 16.7. The topological polar surface area (TPSA) is 80.3 Å². The van der Waals surface area contributed by atoms with Crippen molar-refractivity contribution in [3.63, 3.8) is 0 Å². The predicted molar refractivity (Wildman–Crippen MR) is 76.2 cm³/mol. The zero-order valence-electron chi connectivity index (χ0n) is 10.9. The summed E-state index contributed by atoms with van der Waals surface area (Å²) in [5.74, 6) is 1.46. The fraction of sp³-hybridized carbons (Fsp3) is 0.133. The Morgan fingerprint density at radius 2 is 1.90 bits per heavy atom. The minimum absolute atomic E-state index is 0.247. The van der Waals surface area contributed by atoms with E-state index >= 15 is 0 Å². The molecule has 0 aliphatic carbocycles. The van der Waals surface area contributed by atoms with Crippen molar-refractivity contribution in [1.82, 2.24) is 0 Å². The van der Waals surface area contributed by atoms with Crippen molar-refractivity contribution in [2.75, 3.05) is 17.8 Å². The third kappa shape index (κ3) is 2.08. The van der Waals surface area contributed by atoms with Crippen LogP contribution in [0.3, 0.4) is 0 Å². The zero-order valence-corrected chi connectivity index (χ0v) is 10.9. The van der Waals surface area contributed by atoms with Crippen LogP contribution < -0.4 is 20.5 Å². The highest BCUT2D eigenvalue weighted by Gasteiger charge is 2.16. The average Bonchev–Trinajstić information content (AvgIpc) is 2.88. The highest BCUT2D eigenvalue weighted by Crippen LogP contribution is 2.38. The lowest BCUT2D eigenvalue weighted by atomic mass is 10.1. The SMILES string of the molecule is Cc1cc2c(cc1Nc1ccc(C#N)cc1N)OCO2. The molecule has 3 rings (SSSR count). The number of rotatable bonds is 2. The Morgan fingerprint density at radius 3 is 2.60 bits per heavy atom. The van der Waals surface area contributed by atoms with Crippen LogP contribution in [0.2, 0.25) is 0 Å². The van der Waals surface area contributed by atoms with E-state index in [1.54, 1.807) is 18.2 Å². The van der Waals surface area contributed by atoms with Crippen LogP contribution in [0.5, 0.6) is 11.5 Å². The number of nitrogen functional groups attached to an aromatic ring is 1. The Labute approximate surface area is 116 Å². The van der Waals surface area contributed by atoms with Crippen molar-refractivity contribution in [1.29, 1.82) is 5.26 Å². The van der Waals surface area contributed by atoms with Gasteiger partial charge in [-0.25, -0.2) is 0 Å². The Balaban J connectivity index is 1.94. The minimum Gasteiger partial charge on any atom is -0.454 e. The van der Waals surface area contributed by atoms with Gasteiger partial charge in [0, 0.05) is 11.8 Å². The summed E-state index contributed by atoms with van der Waals surface area (Å²) in [6.07, 6.45) is 0. The van der Waals surface area contributed by atoms with Gasteiger partial charge in [0.2, 0.25) is 6.79 Å². The van der Waals surface area contributed by atoms with Gasteiger partial charge in [-0.2, -0.15) is 5.26 Å². The van der Waals surface area contributed by atoms with Gasteiger partial charge in [-0.05, 0) is 36.8 Å². The smallest absolute Gasteiger partial charge is 0.231 e. The van der Waals surface area contributed by atoms with Gasteiger partial charge in [0.15, 0.2) is 11.5 Å². The second-order valence-electron chi connectivity index (χ2n) is 4.56. The molecule has 0 saturated heterocycles. The summed E-state index contributed by atoms with van der Waals surface area (Å²) in [7, 11) is 0. The molecule has 20 heavy (non-hydrogen) atoms. The van der Waals surface area contributed by atoms with Crippen LogP contribution in [0.4, 0.5) is 17.1 Å². The normalized spacial score (nSPS) is 12.0. The maximum atomic E-state index is 8.84. The molecule has 0 bridgehead atoms. The standard InChI is InChI=1S/C15H13N3O2/c1-9-4-14-15(20-8-19-14)6-13(9)18-12-3-2-10(7-16)5-11(12)17/h2-6,18H,8,17H2,1H3. The molecular formula is C15H13N3O2. The lowest BCUT2D eigenvalue weighted by molar-refractivity contribution is 0.174. The summed E-state index contributed by atoms with van der Waals surface area (Å²) in [5, 5.41) is 12.1. The van der Waals surface area contributed by atoms with Gasteiger partial charge in [0.25, 0.3) is 0 Å². The molecule has 0 radical (unpaired) electrons. The van der Waals surface area contributed by atoms with E-state index in [1.807, 2.05) is 19.1 Å². The molecule has 5 nitrogen and oxygen atoms in total. The fourth-order valence-electron chi connectivity index (χ4n) is 2.07. The van der Waals surface area contributed by atoms with Crippen molar-refractivity contribution < 1.29 is 9.47 Å². The lowest BCUT2D eigenvalue weighted by Crippen LogP contribution is -1.98. The molecule has 2 aromatic carbocycles. The molecule has 5 heteroatoms. The number of hydrogen-bond acceptors (Lipinski definition) is 5. The molecule has 0 amide bonds. The number of nitriles is 1. The third-order valence-electron chi connectivity index (χ3n) is 3.17. The molecule has 3 N–H and O–H groups in total. The molecular weight excluding hydrogens is 254 g/mol. The van der Waals surface area contributed by atoms with Crippen molar-refractivity contribution >= 4 is 17.1 Å². The van der Waals surface area contributed by atoms with Crippen molar-refractivity contribution in [3.8, 4) is 17.6 Å². The van der Waals surface area contributed by atoms with Gasteiger partial charge < -0.3 is 20.5 Å². The number of ether oxygens (including phenoxy) is 2. The number of anilines is 3. The van der Waals surface area contributed by atoms with E-state index in [1.165, 1.54) is 0 Å². The summed E-state index contributed by atoms with van der Waals surface area (Å²) in [4.78, 5) is 0. The van der Waals surface area contributed by atoms with Crippen molar-refractivity contribution in [3.05, 3.63) is 41.5 Å². The second-order valence-corrected chi connectivity index (χ2v) is 4.56. The summed E-state index contributed by atoms with van der Waals surface area (Å²) >= 11 is 0. The lowest BCUT2D eigenvalue weighted by Gasteiger charge is -2.12. The first-order chi connectivity index (χ1) is 9.67. The van der Waals surface area contributed by atoms with Gasteiger partial charge in [-0.3, -0.25) is 0 Å². The zero-order chi connectivity index (χ0) is 14.1. The van der Waals surface area contributed by atoms with E-state index in [-0.39, 0.29) is 6.79 Å². The van der Waals surface area contributed by atoms with Crippen molar-refractivity contribution in [2.45, 2.75) is 6.92 Å². The molecule has 2 aromatic rings. The maximum absolute atomic E-state index is 8.84. The summed E-state index contributed by atoms with van der Waals surface area (Å²) < 4.78 is 10.7.